The van der Waals surface area contributed by atoms with Crippen LogP contribution in [0.2, 0.25) is 0 Å². The van der Waals surface area contributed by atoms with E-state index < -0.39 is 42.8 Å². The van der Waals surface area contributed by atoms with Gasteiger partial charge in [-0.1, -0.05) is 12.1 Å². The van der Waals surface area contributed by atoms with Gasteiger partial charge in [0.05, 0.1) is 26.1 Å². The second-order valence-electron chi connectivity index (χ2n) is 4.21. The van der Waals surface area contributed by atoms with Gasteiger partial charge in [-0.2, -0.15) is 0 Å². The van der Waals surface area contributed by atoms with Gasteiger partial charge in [0.2, 0.25) is 0 Å². The summed E-state index contributed by atoms with van der Waals surface area (Å²) in [6.07, 6.45) is -3.82. The maximum atomic E-state index is 13.6. The molecule has 20 heavy (non-hydrogen) atoms. The van der Waals surface area contributed by atoms with Gasteiger partial charge in [-0.25, -0.2) is 4.39 Å². The molecule has 1 rings (SSSR count). The van der Waals surface area contributed by atoms with Gasteiger partial charge in [0.25, 0.3) is 0 Å². The van der Waals surface area contributed by atoms with Crippen LogP contribution in [0.25, 0.3) is 0 Å². The van der Waals surface area contributed by atoms with Gasteiger partial charge in [-0.3, -0.25) is 9.59 Å². The first kappa shape index (κ1) is 16.1. The molecule has 6 nitrogen and oxygen atoms in total. The largest absolute Gasteiger partial charge is 0.481 e. The maximum Gasteiger partial charge on any atom is 0.308 e. The topological polar surface area (TPSA) is 104 Å². The Labute approximate surface area is 114 Å². The second kappa shape index (κ2) is 6.97. The van der Waals surface area contributed by atoms with E-state index in [1.807, 2.05) is 0 Å². The Morgan fingerprint density at radius 3 is 2.50 bits per heavy atom. The highest BCUT2D eigenvalue weighted by molar-refractivity contribution is 5.70. The minimum Gasteiger partial charge on any atom is -0.481 e. The monoisotopic (exact) mass is 286 g/mol. The van der Waals surface area contributed by atoms with Crippen molar-refractivity contribution in [2.75, 3.05) is 7.11 Å². The molecular formula is C13H15FO6. The van der Waals surface area contributed by atoms with E-state index in [0.29, 0.717) is 0 Å². The molecule has 0 amide bonds. The van der Waals surface area contributed by atoms with Gasteiger partial charge >= 0.3 is 11.9 Å². The number of ether oxygens (including phenoxy) is 1. The van der Waals surface area contributed by atoms with Crippen LogP contribution in [-0.2, 0) is 20.7 Å². The van der Waals surface area contributed by atoms with Crippen molar-refractivity contribution in [3.8, 4) is 0 Å². The number of aliphatic carboxylic acids is 1. The second-order valence-corrected chi connectivity index (χ2v) is 4.21. The SMILES string of the molecule is COC(=O)CC(O)C(O)c1ccc(CC(=O)O)c(F)c1. The summed E-state index contributed by atoms with van der Waals surface area (Å²) in [5, 5.41) is 28.0. The third-order valence-electron chi connectivity index (χ3n) is 2.73. The molecule has 0 bridgehead atoms. The van der Waals surface area contributed by atoms with Crippen LogP contribution >= 0.6 is 0 Å². The zero-order chi connectivity index (χ0) is 15.3. The van der Waals surface area contributed by atoms with Gasteiger partial charge in [0.1, 0.15) is 11.9 Å². The number of carboxylic acid groups (broad SMARTS) is 1. The quantitative estimate of drug-likeness (QED) is 0.654. The highest BCUT2D eigenvalue weighted by Crippen LogP contribution is 2.22. The van der Waals surface area contributed by atoms with Crippen LogP contribution in [0, 0.1) is 5.82 Å². The Hall–Kier alpha value is -1.99. The summed E-state index contributed by atoms with van der Waals surface area (Å²) >= 11 is 0. The summed E-state index contributed by atoms with van der Waals surface area (Å²) < 4.78 is 18.0. The number of benzene rings is 1. The number of methoxy groups -OCH3 is 1. The lowest BCUT2D eigenvalue weighted by Gasteiger charge is -2.17. The number of carboxylic acids is 1. The van der Waals surface area contributed by atoms with E-state index in [-0.39, 0.29) is 11.1 Å². The molecule has 0 saturated carbocycles. The van der Waals surface area contributed by atoms with Crippen LogP contribution in [0.5, 0.6) is 0 Å². The van der Waals surface area contributed by atoms with Crippen molar-refractivity contribution in [2.45, 2.75) is 25.0 Å². The summed E-state index contributed by atoms with van der Waals surface area (Å²) in [5.41, 5.74) is 0.0175. The number of aliphatic hydroxyl groups excluding tert-OH is 2. The van der Waals surface area contributed by atoms with Crippen molar-refractivity contribution in [3.05, 3.63) is 35.1 Å². The third kappa shape index (κ3) is 4.29. The highest BCUT2D eigenvalue weighted by Gasteiger charge is 2.22. The lowest BCUT2D eigenvalue weighted by atomic mass is 9.99. The minimum atomic E-state index is -1.47. The minimum absolute atomic E-state index is 0.0316. The zero-order valence-electron chi connectivity index (χ0n) is 10.7. The molecule has 0 fully saturated rings. The van der Waals surface area contributed by atoms with Gasteiger partial charge in [-0.05, 0) is 17.2 Å². The molecule has 0 aliphatic heterocycles. The van der Waals surface area contributed by atoms with Crippen LogP contribution in [0.4, 0.5) is 4.39 Å². The van der Waals surface area contributed by atoms with E-state index in [1.54, 1.807) is 0 Å². The van der Waals surface area contributed by atoms with Crippen molar-refractivity contribution < 1.29 is 34.0 Å². The number of hydrogen-bond acceptors (Lipinski definition) is 5. The van der Waals surface area contributed by atoms with Crippen molar-refractivity contribution >= 4 is 11.9 Å². The van der Waals surface area contributed by atoms with E-state index in [2.05, 4.69) is 4.74 Å². The summed E-state index contributed by atoms with van der Waals surface area (Å²) in [4.78, 5) is 21.5. The Bertz CT molecular complexity index is 502. The molecule has 3 N–H and O–H groups in total. The normalized spacial score (nSPS) is 13.6. The fourth-order valence-corrected chi connectivity index (χ4v) is 1.64. The molecule has 1 aromatic carbocycles. The maximum absolute atomic E-state index is 13.6. The molecule has 0 aliphatic rings. The third-order valence-corrected chi connectivity index (χ3v) is 2.73. The average Bonchev–Trinajstić information content (AvgIpc) is 2.39. The number of halogens is 1. The molecule has 0 spiro atoms. The Morgan fingerprint density at radius 1 is 1.35 bits per heavy atom. The lowest BCUT2D eigenvalue weighted by molar-refractivity contribution is -0.144. The summed E-state index contributed by atoms with van der Waals surface area (Å²) in [6.45, 7) is 0. The first-order valence-corrected chi connectivity index (χ1v) is 5.78. The Kier molecular flexibility index (Phi) is 5.60. The van der Waals surface area contributed by atoms with E-state index in [1.165, 1.54) is 12.1 Å². The number of hydrogen-bond donors (Lipinski definition) is 3. The molecule has 0 radical (unpaired) electrons. The molecule has 0 saturated heterocycles. The standard InChI is InChI=1S/C13H15FO6/c1-20-12(18)6-10(15)13(19)8-3-2-7(5-11(16)17)9(14)4-8/h2-4,10,13,15,19H,5-6H2,1H3,(H,16,17). The van der Waals surface area contributed by atoms with Crippen LogP contribution in [0.15, 0.2) is 18.2 Å². The summed E-state index contributed by atoms with van der Waals surface area (Å²) in [7, 11) is 1.14. The van der Waals surface area contributed by atoms with Crippen molar-refractivity contribution in [3.63, 3.8) is 0 Å². The molecule has 1 aromatic rings. The van der Waals surface area contributed by atoms with Gasteiger partial charge < -0.3 is 20.1 Å². The molecule has 110 valence electrons. The highest BCUT2D eigenvalue weighted by atomic mass is 19.1. The summed E-state index contributed by atoms with van der Waals surface area (Å²) in [6, 6.07) is 3.45. The molecule has 0 heterocycles. The number of esters is 1. The first-order valence-electron chi connectivity index (χ1n) is 5.78. The molecule has 0 aromatic heterocycles. The molecule has 0 aliphatic carbocycles. The van der Waals surface area contributed by atoms with Gasteiger partial charge in [0, 0.05) is 0 Å². The van der Waals surface area contributed by atoms with Crippen LogP contribution < -0.4 is 0 Å². The number of rotatable bonds is 6. The fourth-order valence-electron chi connectivity index (χ4n) is 1.64. The van der Waals surface area contributed by atoms with E-state index in [9.17, 15) is 24.2 Å². The number of carbonyl (C=O) groups excluding carboxylic acids is 1. The van der Waals surface area contributed by atoms with Crippen molar-refractivity contribution in [2.24, 2.45) is 0 Å². The van der Waals surface area contributed by atoms with Gasteiger partial charge in [-0.15, -0.1) is 0 Å². The van der Waals surface area contributed by atoms with Crippen LogP contribution in [0.1, 0.15) is 23.7 Å². The number of aliphatic hydroxyl groups is 2. The molecular weight excluding hydrogens is 271 g/mol. The molecule has 2 atom stereocenters. The molecule has 2 unspecified atom stereocenters. The van der Waals surface area contributed by atoms with Crippen LogP contribution in [-0.4, -0.2) is 40.5 Å². The average molecular weight is 286 g/mol. The zero-order valence-corrected chi connectivity index (χ0v) is 10.7. The fraction of sp³-hybridized carbons (Fsp3) is 0.385. The predicted molar refractivity (Wildman–Crippen MR) is 65.3 cm³/mol. The predicted octanol–water partition coefficient (Wildman–Crippen LogP) is 0.410. The number of carbonyl (C=O) groups is 2. The Morgan fingerprint density at radius 2 is 2.00 bits per heavy atom. The summed E-state index contributed by atoms with van der Waals surface area (Å²) in [5.74, 6) is -2.68. The smallest absolute Gasteiger partial charge is 0.308 e. The van der Waals surface area contributed by atoms with E-state index in [0.717, 1.165) is 13.2 Å². The molecule has 7 heteroatoms. The first-order chi connectivity index (χ1) is 9.35. The lowest BCUT2D eigenvalue weighted by Crippen LogP contribution is -2.22. The van der Waals surface area contributed by atoms with Crippen LogP contribution in [0.3, 0.4) is 0 Å². The van der Waals surface area contributed by atoms with E-state index >= 15 is 0 Å². The van der Waals surface area contributed by atoms with E-state index in [4.69, 9.17) is 5.11 Å². The van der Waals surface area contributed by atoms with Crippen molar-refractivity contribution in [1.29, 1.82) is 0 Å². The Balaban J connectivity index is 2.83. The van der Waals surface area contributed by atoms with Gasteiger partial charge in [0.15, 0.2) is 0 Å². The van der Waals surface area contributed by atoms with Crippen molar-refractivity contribution in [1.82, 2.24) is 0 Å².